The Kier molecular flexibility index (Phi) is 4.96. The van der Waals surface area contributed by atoms with Crippen LogP contribution in [0.25, 0.3) is 16.3 Å². The van der Waals surface area contributed by atoms with Gasteiger partial charge in [-0.2, -0.15) is 4.98 Å². The van der Waals surface area contributed by atoms with Crippen molar-refractivity contribution in [2.45, 2.75) is 27.2 Å². The van der Waals surface area contributed by atoms with Crippen molar-refractivity contribution in [1.82, 2.24) is 19.9 Å². The maximum atomic E-state index is 12.4. The third-order valence-corrected chi connectivity index (χ3v) is 5.55. The van der Waals surface area contributed by atoms with E-state index in [4.69, 9.17) is 0 Å². The zero-order valence-electron chi connectivity index (χ0n) is 16.2. The second kappa shape index (κ2) is 7.56. The zero-order valence-corrected chi connectivity index (χ0v) is 17.0. The maximum Gasteiger partial charge on any atom is 0.251 e. The molecule has 0 bridgehead atoms. The topological polar surface area (TPSA) is 59.3 Å². The predicted octanol–water partition coefficient (Wildman–Crippen LogP) is 4.36. The van der Waals surface area contributed by atoms with E-state index in [0.29, 0.717) is 18.5 Å². The number of aryl methyl sites for hydroxylation is 3. The molecule has 5 nitrogen and oxygen atoms in total. The van der Waals surface area contributed by atoms with E-state index in [-0.39, 0.29) is 5.91 Å². The number of nitrogens with zero attached hydrogens (tertiary/aromatic N) is 3. The molecule has 0 unspecified atom stereocenters. The lowest BCUT2D eigenvalue weighted by Crippen LogP contribution is -2.26. The number of fused-ring (bicyclic) bond motifs is 1. The Morgan fingerprint density at radius 3 is 2.61 bits per heavy atom. The van der Waals surface area contributed by atoms with Crippen molar-refractivity contribution in [3.8, 4) is 11.4 Å². The first-order chi connectivity index (χ1) is 13.5. The average Bonchev–Trinajstić information content (AvgIpc) is 3.23. The molecule has 28 heavy (non-hydrogen) atoms. The largest absolute Gasteiger partial charge is 0.352 e. The first kappa shape index (κ1) is 18.4. The summed E-state index contributed by atoms with van der Waals surface area (Å²) >= 11 is 1.57. The molecule has 4 rings (SSSR count). The van der Waals surface area contributed by atoms with Crippen LogP contribution in [0.5, 0.6) is 0 Å². The van der Waals surface area contributed by atoms with Crippen LogP contribution in [0.3, 0.4) is 0 Å². The summed E-state index contributed by atoms with van der Waals surface area (Å²) < 4.78 is 1.88. The Morgan fingerprint density at radius 2 is 1.86 bits per heavy atom. The van der Waals surface area contributed by atoms with Gasteiger partial charge >= 0.3 is 0 Å². The molecule has 2 aromatic heterocycles. The van der Waals surface area contributed by atoms with Crippen molar-refractivity contribution in [1.29, 1.82) is 0 Å². The highest BCUT2D eigenvalue weighted by Crippen LogP contribution is 2.23. The fraction of sp³-hybridized carbons (Fsp3) is 0.227. The molecule has 0 spiro atoms. The van der Waals surface area contributed by atoms with Gasteiger partial charge in [0.2, 0.25) is 4.96 Å². The molecule has 0 saturated heterocycles. The average molecular weight is 391 g/mol. The van der Waals surface area contributed by atoms with Crippen LogP contribution in [0.1, 0.15) is 32.7 Å². The Morgan fingerprint density at radius 1 is 1.11 bits per heavy atom. The molecule has 0 atom stereocenters. The minimum atomic E-state index is -0.0440. The van der Waals surface area contributed by atoms with Crippen LogP contribution in [-0.4, -0.2) is 27.0 Å². The fourth-order valence-corrected chi connectivity index (χ4v) is 4.20. The highest BCUT2D eigenvalue weighted by Gasteiger charge is 2.13. The van der Waals surface area contributed by atoms with Gasteiger partial charge < -0.3 is 5.32 Å². The van der Waals surface area contributed by atoms with Crippen molar-refractivity contribution < 1.29 is 4.79 Å². The van der Waals surface area contributed by atoms with Gasteiger partial charge in [-0.15, -0.1) is 16.4 Å². The number of hydrogen-bond donors (Lipinski definition) is 1. The number of rotatable bonds is 5. The molecule has 0 aliphatic heterocycles. The van der Waals surface area contributed by atoms with Crippen molar-refractivity contribution in [2.75, 3.05) is 6.54 Å². The second-order valence-corrected chi connectivity index (χ2v) is 7.89. The Hall–Kier alpha value is -2.99. The molecule has 1 amide bonds. The molecule has 0 radical (unpaired) electrons. The van der Waals surface area contributed by atoms with Crippen LogP contribution in [0.2, 0.25) is 0 Å². The summed E-state index contributed by atoms with van der Waals surface area (Å²) in [6, 6.07) is 14.0. The third-order valence-electron chi connectivity index (χ3n) is 4.69. The van der Waals surface area contributed by atoms with Gasteiger partial charge in [-0.1, -0.05) is 41.5 Å². The van der Waals surface area contributed by atoms with Crippen LogP contribution in [0, 0.1) is 20.8 Å². The summed E-state index contributed by atoms with van der Waals surface area (Å²) in [5.74, 6) is 0.697. The van der Waals surface area contributed by atoms with E-state index in [9.17, 15) is 4.79 Å². The molecule has 142 valence electrons. The minimum Gasteiger partial charge on any atom is -0.352 e. The molecule has 1 N–H and O–H groups in total. The van der Waals surface area contributed by atoms with E-state index in [1.807, 2.05) is 48.7 Å². The van der Waals surface area contributed by atoms with Crippen LogP contribution in [0.15, 0.2) is 47.8 Å². The lowest BCUT2D eigenvalue weighted by molar-refractivity contribution is 0.0954. The van der Waals surface area contributed by atoms with E-state index < -0.39 is 0 Å². The van der Waals surface area contributed by atoms with Gasteiger partial charge in [-0.25, -0.2) is 4.52 Å². The first-order valence-corrected chi connectivity index (χ1v) is 10.1. The second-order valence-electron chi connectivity index (χ2n) is 7.05. The smallest absolute Gasteiger partial charge is 0.251 e. The highest BCUT2D eigenvalue weighted by molar-refractivity contribution is 7.15. The zero-order chi connectivity index (χ0) is 19.7. The number of hydrogen-bond acceptors (Lipinski definition) is 4. The van der Waals surface area contributed by atoms with Gasteiger partial charge in [0.05, 0.1) is 5.69 Å². The molecule has 0 saturated carbocycles. The fourth-order valence-electron chi connectivity index (χ4n) is 3.35. The number of amides is 1. The molecule has 0 aliphatic carbocycles. The number of aromatic nitrogens is 3. The molecule has 6 heteroatoms. The lowest BCUT2D eigenvalue weighted by atomic mass is 10.1. The van der Waals surface area contributed by atoms with E-state index in [1.54, 1.807) is 11.3 Å². The van der Waals surface area contributed by atoms with Crippen molar-refractivity contribution >= 4 is 22.2 Å². The van der Waals surface area contributed by atoms with E-state index in [2.05, 4.69) is 39.8 Å². The molecule has 0 aliphatic rings. The number of thiazole rings is 1. The Bertz CT molecular complexity index is 1140. The normalized spacial score (nSPS) is 11.1. The summed E-state index contributed by atoms with van der Waals surface area (Å²) in [7, 11) is 0. The minimum absolute atomic E-state index is 0.0440. The highest BCUT2D eigenvalue weighted by atomic mass is 32.1. The van der Waals surface area contributed by atoms with Crippen LogP contribution < -0.4 is 5.32 Å². The number of carbonyl (C=O) groups is 1. The van der Waals surface area contributed by atoms with Gasteiger partial charge in [0, 0.05) is 29.5 Å². The van der Waals surface area contributed by atoms with E-state index >= 15 is 0 Å². The van der Waals surface area contributed by atoms with Crippen LogP contribution in [-0.2, 0) is 6.42 Å². The van der Waals surface area contributed by atoms with Gasteiger partial charge in [-0.3, -0.25) is 4.79 Å². The quantitative estimate of drug-likeness (QED) is 0.551. The number of benzene rings is 2. The molecule has 0 fully saturated rings. The number of nitrogens with one attached hydrogen (secondary N) is 1. The van der Waals surface area contributed by atoms with Crippen molar-refractivity contribution in [3.05, 3.63) is 75.8 Å². The lowest BCUT2D eigenvalue weighted by Gasteiger charge is -2.07. The van der Waals surface area contributed by atoms with Crippen molar-refractivity contribution in [2.24, 2.45) is 0 Å². The predicted molar refractivity (Wildman–Crippen MR) is 113 cm³/mol. The first-order valence-electron chi connectivity index (χ1n) is 9.27. The summed E-state index contributed by atoms with van der Waals surface area (Å²) in [5.41, 5.74) is 6.14. The van der Waals surface area contributed by atoms with Gasteiger partial charge in [0.1, 0.15) is 0 Å². The summed E-state index contributed by atoms with van der Waals surface area (Å²) in [5, 5.41) is 9.75. The van der Waals surface area contributed by atoms with Gasteiger partial charge in [0.15, 0.2) is 5.82 Å². The van der Waals surface area contributed by atoms with Crippen molar-refractivity contribution in [3.63, 3.8) is 0 Å². The Balaban J connectivity index is 1.47. The van der Waals surface area contributed by atoms with E-state index in [0.717, 1.165) is 38.7 Å². The summed E-state index contributed by atoms with van der Waals surface area (Å²) in [4.78, 5) is 18.0. The number of carbonyl (C=O) groups excluding carboxylic acids is 1. The van der Waals surface area contributed by atoms with E-state index in [1.165, 1.54) is 0 Å². The summed E-state index contributed by atoms with van der Waals surface area (Å²) in [6.45, 7) is 6.62. The molecular formula is C22H22N4OS. The third kappa shape index (κ3) is 3.68. The molecule has 4 aromatic rings. The molecular weight excluding hydrogens is 368 g/mol. The standard InChI is InChI=1S/C22H22N4OS/c1-14-10-15(2)12-17(11-14)21(27)23-9-8-18-13-28-22-24-20(25-26(18)22)19-7-5-4-6-16(19)3/h4-7,10-13H,8-9H2,1-3H3,(H,23,27). The van der Waals surface area contributed by atoms with Gasteiger partial charge in [-0.05, 0) is 38.5 Å². The van der Waals surface area contributed by atoms with Crippen LogP contribution >= 0.6 is 11.3 Å². The SMILES string of the molecule is Cc1cc(C)cc(C(=O)NCCc2csc3nc(-c4ccccc4C)nn23)c1. The summed E-state index contributed by atoms with van der Waals surface area (Å²) in [6.07, 6.45) is 0.701. The Labute approximate surface area is 168 Å². The maximum absolute atomic E-state index is 12.4. The molecule has 2 heterocycles. The van der Waals surface area contributed by atoms with Crippen LogP contribution in [0.4, 0.5) is 0 Å². The molecule has 2 aromatic carbocycles. The monoisotopic (exact) mass is 390 g/mol. The van der Waals surface area contributed by atoms with Gasteiger partial charge in [0.25, 0.3) is 5.91 Å².